The summed E-state index contributed by atoms with van der Waals surface area (Å²) < 4.78 is 19.4. The molecule has 0 spiro atoms. The van der Waals surface area contributed by atoms with E-state index in [9.17, 15) is 9.18 Å². The summed E-state index contributed by atoms with van der Waals surface area (Å²) in [4.78, 5) is 18.8. The van der Waals surface area contributed by atoms with Gasteiger partial charge in [-0.05, 0) is 24.3 Å². The number of halogens is 2. The van der Waals surface area contributed by atoms with Gasteiger partial charge in [0.2, 0.25) is 0 Å². The first-order valence-electron chi connectivity index (χ1n) is 7.45. The van der Waals surface area contributed by atoms with Crippen molar-refractivity contribution in [1.29, 1.82) is 0 Å². The predicted molar refractivity (Wildman–Crippen MR) is 96.6 cm³/mol. The lowest BCUT2D eigenvalue weighted by Crippen LogP contribution is -2.11. The molecule has 0 amide bonds. The molecule has 0 unspecified atom stereocenters. The lowest BCUT2D eigenvalue weighted by atomic mass is 10.2. The number of aromatic amines is 1. The SMILES string of the molecule is O=c1cc(COc2ccccc2)nc(SCc2c(F)cccc2Cl)[nH]1. The molecule has 0 aliphatic heterocycles. The van der Waals surface area contributed by atoms with Crippen molar-refractivity contribution in [3.63, 3.8) is 0 Å². The number of para-hydroxylation sites is 1. The fourth-order valence-electron chi connectivity index (χ4n) is 2.11. The molecule has 0 atom stereocenters. The van der Waals surface area contributed by atoms with Gasteiger partial charge in [-0.15, -0.1) is 0 Å². The van der Waals surface area contributed by atoms with Crippen LogP contribution in [0.2, 0.25) is 5.02 Å². The molecule has 1 N–H and O–H groups in total. The van der Waals surface area contributed by atoms with E-state index in [4.69, 9.17) is 16.3 Å². The molecule has 0 fully saturated rings. The van der Waals surface area contributed by atoms with E-state index in [-0.39, 0.29) is 23.7 Å². The Morgan fingerprint density at radius 3 is 2.72 bits per heavy atom. The number of aromatic nitrogens is 2. The molecule has 0 saturated carbocycles. The standard InChI is InChI=1S/C18H14ClFN2O2S/c19-15-7-4-8-16(20)14(15)11-25-18-21-12(9-17(23)22-18)10-24-13-5-2-1-3-6-13/h1-9H,10-11H2,(H,21,22,23). The lowest BCUT2D eigenvalue weighted by molar-refractivity contribution is 0.299. The highest BCUT2D eigenvalue weighted by Crippen LogP contribution is 2.26. The first-order valence-corrected chi connectivity index (χ1v) is 8.82. The number of nitrogens with zero attached hydrogens (tertiary/aromatic N) is 1. The second kappa shape index (κ2) is 8.18. The molecular weight excluding hydrogens is 363 g/mol. The average molecular weight is 377 g/mol. The molecule has 0 saturated heterocycles. The van der Waals surface area contributed by atoms with E-state index < -0.39 is 0 Å². The van der Waals surface area contributed by atoms with Crippen LogP contribution >= 0.6 is 23.4 Å². The van der Waals surface area contributed by atoms with E-state index in [1.165, 1.54) is 23.9 Å². The monoisotopic (exact) mass is 376 g/mol. The van der Waals surface area contributed by atoms with Crippen LogP contribution in [0.15, 0.2) is 64.5 Å². The molecule has 25 heavy (non-hydrogen) atoms. The number of hydrogen-bond acceptors (Lipinski definition) is 4. The van der Waals surface area contributed by atoms with Crippen molar-refractivity contribution < 1.29 is 9.13 Å². The summed E-state index contributed by atoms with van der Waals surface area (Å²) in [6, 6.07) is 15.2. The van der Waals surface area contributed by atoms with Gasteiger partial charge in [-0.25, -0.2) is 9.37 Å². The molecule has 0 aliphatic rings. The van der Waals surface area contributed by atoms with Crippen LogP contribution < -0.4 is 10.3 Å². The van der Waals surface area contributed by atoms with E-state index >= 15 is 0 Å². The predicted octanol–water partition coefficient (Wildman–Crippen LogP) is 4.43. The van der Waals surface area contributed by atoms with Gasteiger partial charge in [0.1, 0.15) is 18.2 Å². The molecule has 4 nitrogen and oxygen atoms in total. The Hall–Kier alpha value is -2.31. The molecule has 1 aromatic heterocycles. The van der Waals surface area contributed by atoms with Crippen LogP contribution in [0.1, 0.15) is 11.3 Å². The van der Waals surface area contributed by atoms with E-state index in [0.717, 1.165) is 0 Å². The molecular formula is C18H14ClFN2O2S. The molecule has 7 heteroatoms. The Morgan fingerprint density at radius 1 is 1.16 bits per heavy atom. The zero-order valence-electron chi connectivity index (χ0n) is 13.0. The molecule has 3 aromatic rings. The molecule has 128 valence electrons. The molecule has 2 aromatic carbocycles. The summed E-state index contributed by atoms with van der Waals surface area (Å²) in [6.45, 7) is 0.169. The number of benzene rings is 2. The van der Waals surface area contributed by atoms with Gasteiger partial charge in [-0.3, -0.25) is 4.79 Å². The summed E-state index contributed by atoms with van der Waals surface area (Å²) in [7, 11) is 0. The Bertz CT molecular complexity index is 898. The topological polar surface area (TPSA) is 55.0 Å². The third-order valence-corrected chi connectivity index (χ3v) is 4.57. The van der Waals surface area contributed by atoms with E-state index in [0.29, 0.717) is 27.2 Å². The number of nitrogens with one attached hydrogen (secondary N) is 1. The van der Waals surface area contributed by atoms with Gasteiger partial charge in [0, 0.05) is 22.4 Å². The van der Waals surface area contributed by atoms with Crippen LogP contribution in [0.4, 0.5) is 4.39 Å². The summed E-state index contributed by atoms with van der Waals surface area (Å²) >= 11 is 7.22. The van der Waals surface area contributed by atoms with Crippen LogP contribution in [0.25, 0.3) is 0 Å². The van der Waals surface area contributed by atoms with Gasteiger partial charge in [0.15, 0.2) is 5.16 Å². The van der Waals surface area contributed by atoms with Crippen molar-refractivity contribution in [2.75, 3.05) is 0 Å². The van der Waals surface area contributed by atoms with Crippen molar-refractivity contribution in [3.8, 4) is 5.75 Å². The van der Waals surface area contributed by atoms with E-state index in [2.05, 4.69) is 9.97 Å². The minimum atomic E-state index is -0.383. The molecule has 3 rings (SSSR count). The summed E-state index contributed by atoms with van der Waals surface area (Å²) in [5.41, 5.74) is 0.585. The lowest BCUT2D eigenvalue weighted by Gasteiger charge is -2.08. The highest BCUT2D eigenvalue weighted by Gasteiger charge is 2.09. The van der Waals surface area contributed by atoms with Crippen LogP contribution in [-0.4, -0.2) is 9.97 Å². The fraction of sp³-hybridized carbons (Fsp3) is 0.111. The summed E-state index contributed by atoms with van der Waals surface area (Å²) in [5, 5.41) is 0.733. The summed E-state index contributed by atoms with van der Waals surface area (Å²) in [5.74, 6) is 0.570. The van der Waals surface area contributed by atoms with Gasteiger partial charge in [0.25, 0.3) is 5.56 Å². The van der Waals surface area contributed by atoms with Crippen LogP contribution in [0.3, 0.4) is 0 Å². The Labute approximate surface area is 153 Å². The van der Waals surface area contributed by atoms with Crippen molar-refractivity contribution in [1.82, 2.24) is 9.97 Å². The molecule has 1 heterocycles. The van der Waals surface area contributed by atoms with Crippen molar-refractivity contribution in [2.24, 2.45) is 0 Å². The zero-order valence-corrected chi connectivity index (χ0v) is 14.6. The highest BCUT2D eigenvalue weighted by molar-refractivity contribution is 7.98. The summed E-state index contributed by atoms with van der Waals surface area (Å²) in [6.07, 6.45) is 0. The first-order chi connectivity index (χ1) is 12.1. The molecule has 0 radical (unpaired) electrons. The van der Waals surface area contributed by atoms with Crippen LogP contribution in [0, 0.1) is 5.82 Å². The number of ether oxygens (including phenoxy) is 1. The normalized spacial score (nSPS) is 10.6. The smallest absolute Gasteiger partial charge is 0.251 e. The van der Waals surface area contributed by atoms with Gasteiger partial charge >= 0.3 is 0 Å². The van der Waals surface area contributed by atoms with Gasteiger partial charge in [0.05, 0.1) is 5.69 Å². The third kappa shape index (κ3) is 4.84. The van der Waals surface area contributed by atoms with Gasteiger partial charge in [-0.1, -0.05) is 47.6 Å². The molecule has 0 bridgehead atoms. The number of H-pyrrole nitrogens is 1. The van der Waals surface area contributed by atoms with E-state index in [1.807, 2.05) is 30.3 Å². The minimum Gasteiger partial charge on any atom is -0.487 e. The first kappa shape index (κ1) is 17.5. The van der Waals surface area contributed by atoms with Gasteiger partial charge < -0.3 is 9.72 Å². The fourth-order valence-corrected chi connectivity index (χ4v) is 3.35. The quantitative estimate of drug-likeness (QED) is 0.510. The number of hydrogen-bond donors (Lipinski definition) is 1. The maximum atomic E-state index is 13.8. The minimum absolute atomic E-state index is 0.169. The maximum absolute atomic E-state index is 13.8. The highest BCUT2D eigenvalue weighted by atomic mass is 35.5. The zero-order chi connectivity index (χ0) is 17.6. The third-order valence-electron chi connectivity index (χ3n) is 3.32. The second-order valence-electron chi connectivity index (χ2n) is 5.13. The van der Waals surface area contributed by atoms with E-state index in [1.54, 1.807) is 12.1 Å². The number of rotatable bonds is 6. The van der Waals surface area contributed by atoms with Crippen molar-refractivity contribution in [2.45, 2.75) is 17.5 Å². The van der Waals surface area contributed by atoms with Crippen molar-refractivity contribution >= 4 is 23.4 Å². The van der Waals surface area contributed by atoms with Crippen molar-refractivity contribution in [3.05, 3.63) is 87.0 Å². The van der Waals surface area contributed by atoms with Crippen LogP contribution in [0.5, 0.6) is 5.75 Å². The average Bonchev–Trinajstić information content (AvgIpc) is 2.60. The van der Waals surface area contributed by atoms with Crippen LogP contribution in [-0.2, 0) is 12.4 Å². The maximum Gasteiger partial charge on any atom is 0.251 e. The Balaban J connectivity index is 1.70. The van der Waals surface area contributed by atoms with Gasteiger partial charge in [-0.2, -0.15) is 0 Å². The largest absolute Gasteiger partial charge is 0.487 e. The Kier molecular flexibility index (Phi) is 5.73. The number of thioether (sulfide) groups is 1. The molecule has 0 aliphatic carbocycles. The Morgan fingerprint density at radius 2 is 1.96 bits per heavy atom. The second-order valence-corrected chi connectivity index (χ2v) is 6.50.